The van der Waals surface area contributed by atoms with Crippen molar-refractivity contribution in [3.05, 3.63) is 46.5 Å². The number of amides is 3. The number of hydrogen-bond donors (Lipinski definition) is 3. The van der Waals surface area contributed by atoms with Gasteiger partial charge in [0.15, 0.2) is 5.76 Å². The summed E-state index contributed by atoms with van der Waals surface area (Å²) in [6.07, 6.45) is 2.30. The van der Waals surface area contributed by atoms with Gasteiger partial charge in [-0.2, -0.15) is 0 Å². The lowest BCUT2D eigenvalue weighted by Gasteiger charge is -2.07. The fourth-order valence-corrected chi connectivity index (χ4v) is 2.55. The summed E-state index contributed by atoms with van der Waals surface area (Å²) in [5.41, 5.74) is 0. The molecule has 8 heteroatoms. The maximum Gasteiger partial charge on any atom is 0.287 e. The second-order valence-electron chi connectivity index (χ2n) is 4.92. The van der Waals surface area contributed by atoms with E-state index in [0.717, 1.165) is 0 Å². The van der Waals surface area contributed by atoms with Crippen LogP contribution in [0.5, 0.6) is 0 Å². The fourth-order valence-electron chi connectivity index (χ4n) is 1.91. The summed E-state index contributed by atoms with van der Waals surface area (Å²) in [6, 6.07) is 6.77. The lowest BCUT2D eigenvalue weighted by Crippen LogP contribution is -2.34. The van der Waals surface area contributed by atoms with Crippen molar-refractivity contribution in [3.63, 3.8) is 0 Å². The number of carbonyl (C=O) groups is 3. The van der Waals surface area contributed by atoms with Gasteiger partial charge in [0.05, 0.1) is 11.1 Å². The van der Waals surface area contributed by atoms with Crippen molar-refractivity contribution in [2.45, 2.75) is 12.8 Å². The van der Waals surface area contributed by atoms with E-state index in [4.69, 9.17) is 4.42 Å². The Kier molecular flexibility index (Phi) is 7.03. The molecule has 0 spiro atoms. The Morgan fingerprint density at radius 1 is 0.958 bits per heavy atom. The first kappa shape index (κ1) is 17.7. The molecule has 3 amide bonds. The van der Waals surface area contributed by atoms with E-state index in [1.807, 2.05) is 11.4 Å². The van der Waals surface area contributed by atoms with E-state index in [0.29, 0.717) is 37.4 Å². The molecule has 2 rings (SSSR count). The molecule has 0 aliphatic heterocycles. The maximum atomic E-state index is 11.7. The minimum Gasteiger partial charge on any atom is -0.459 e. The maximum absolute atomic E-state index is 11.7. The van der Waals surface area contributed by atoms with Crippen molar-refractivity contribution in [2.75, 3.05) is 19.6 Å². The Balaban J connectivity index is 1.49. The van der Waals surface area contributed by atoms with Crippen molar-refractivity contribution in [2.24, 2.45) is 0 Å². The number of rotatable bonds is 9. The molecule has 3 N–H and O–H groups in total. The van der Waals surface area contributed by atoms with Crippen LogP contribution in [0.4, 0.5) is 0 Å². The van der Waals surface area contributed by atoms with E-state index in [9.17, 15) is 14.4 Å². The topological polar surface area (TPSA) is 100 Å². The van der Waals surface area contributed by atoms with Crippen LogP contribution in [0.2, 0.25) is 0 Å². The van der Waals surface area contributed by atoms with E-state index in [-0.39, 0.29) is 23.5 Å². The van der Waals surface area contributed by atoms with Crippen molar-refractivity contribution in [1.29, 1.82) is 0 Å². The zero-order chi connectivity index (χ0) is 17.2. The first-order valence-corrected chi connectivity index (χ1v) is 8.45. The van der Waals surface area contributed by atoms with Crippen LogP contribution in [0.25, 0.3) is 0 Å². The number of nitrogens with one attached hydrogen (secondary N) is 3. The first-order valence-electron chi connectivity index (χ1n) is 7.57. The quantitative estimate of drug-likeness (QED) is 0.596. The van der Waals surface area contributed by atoms with Crippen LogP contribution < -0.4 is 16.0 Å². The van der Waals surface area contributed by atoms with Crippen LogP contribution in [0, 0.1) is 0 Å². The highest BCUT2D eigenvalue weighted by Gasteiger charge is 2.08. The van der Waals surface area contributed by atoms with E-state index in [1.54, 1.807) is 18.2 Å². The zero-order valence-electron chi connectivity index (χ0n) is 13.0. The molecule has 0 aliphatic rings. The Morgan fingerprint density at radius 2 is 1.75 bits per heavy atom. The molecule has 7 nitrogen and oxygen atoms in total. The van der Waals surface area contributed by atoms with Gasteiger partial charge < -0.3 is 20.4 Å². The highest BCUT2D eigenvalue weighted by molar-refractivity contribution is 7.12. The highest BCUT2D eigenvalue weighted by atomic mass is 32.1. The summed E-state index contributed by atoms with van der Waals surface area (Å²) >= 11 is 1.38. The molecule has 0 unspecified atom stereocenters. The third kappa shape index (κ3) is 5.88. The Bertz CT molecular complexity index is 597. The molecular formula is C16H19N3O4S. The highest BCUT2D eigenvalue weighted by Crippen LogP contribution is 2.07. The number of carbonyl (C=O) groups excluding carboxylic acids is 3. The number of hydrogen-bond acceptors (Lipinski definition) is 5. The van der Waals surface area contributed by atoms with E-state index in [2.05, 4.69) is 16.0 Å². The largest absolute Gasteiger partial charge is 0.459 e. The van der Waals surface area contributed by atoms with Gasteiger partial charge in [-0.3, -0.25) is 14.4 Å². The predicted molar refractivity (Wildman–Crippen MR) is 89.9 cm³/mol. The summed E-state index contributed by atoms with van der Waals surface area (Å²) in [6.45, 7) is 1.10. The minimum atomic E-state index is -0.314. The van der Waals surface area contributed by atoms with Crippen molar-refractivity contribution in [3.8, 4) is 0 Å². The molecule has 0 fully saturated rings. The summed E-state index contributed by atoms with van der Waals surface area (Å²) in [7, 11) is 0. The summed E-state index contributed by atoms with van der Waals surface area (Å²) in [4.78, 5) is 35.5. The minimum absolute atomic E-state index is 0.118. The van der Waals surface area contributed by atoms with Gasteiger partial charge >= 0.3 is 0 Å². The second kappa shape index (κ2) is 9.51. The lowest BCUT2D eigenvalue weighted by atomic mass is 10.3. The van der Waals surface area contributed by atoms with Crippen molar-refractivity contribution < 1.29 is 18.8 Å². The van der Waals surface area contributed by atoms with Crippen LogP contribution in [-0.2, 0) is 4.79 Å². The van der Waals surface area contributed by atoms with Gasteiger partial charge in [0.1, 0.15) is 0 Å². The standard InChI is InChI=1S/C16H19N3O4S/c20-14(6-1-7-18-16(22)13-5-3-11-24-13)17-8-9-19-15(21)12-4-2-10-23-12/h2-5,10-11H,1,6-9H2,(H,17,20)(H,18,22)(H,19,21). The van der Waals surface area contributed by atoms with Gasteiger partial charge in [-0.05, 0) is 30.0 Å². The van der Waals surface area contributed by atoms with Crippen LogP contribution in [-0.4, -0.2) is 37.4 Å². The third-order valence-corrected chi connectivity index (χ3v) is 3.96. The zero-order valence-corrected chi connectivity index (χ0v) is 13.9. The van der Waals surface area contributed by atoms with Crippen molar-refractivity contribution in [1.82, 2.24) is 16.0 Å². The fraction of sp³-hybridized carbons (Fsp3) is 0.312. The molecule has 24 heavy (non-hydrogen) atoms. The average molecular weight is 349 g/mol. The Hall–Kier alpha value is -2.61. The molecule has 0 bridgehead atoms. The first-order chi connectivity index (χ1) is 11.7. The monoisotopic (exact) mass is 349 g/mol. The molecule has 0 radical (unpaired) electrons. The second-order valence-corrected chi connectivity index (χ2v) is 5.87. The molecule has 2 aromatic heterocycles. The smallest absolute Gasteiger partial charge is 0.287 e. The predicted octanol–water partition coefficient (Wildman–Crippen LogP) is 1.40. The van der Waals surface area contributed by atoms with Gasteiger partial charge in [-0.25, -0.2) is 0 Å². The average Bonchev–Trinajstić information content (AvgIpc) is 3.28. The molecule has 0 saturated heterocycles. The normalized spacial score (nSPS) is 10.2. The number of furan rings is 1. The van der Waals surface area contributed by atoms with Gasteiger partial charge in [0.25, 0.3) is 11.8 Å². The molecular weight excluding hydrogens is 330 g/mol. The van der Waals surface area contributed by atoms with Crippen molar-refractivity contribution >= 4 is 29.1 Å². The number of thiophene rings is 1. The van der Waals surface area contributed by atoms with Gasteiger partial charge in [0.2, 0.25) is 5.91 Å². The van der Waals surface area contributed by atoms with Gasteiger partial charge in [-0.15, -0.1) is 11.3 Å². The van der Waals surface area contributed by atoms with Crippen LogP contribution in [0.3, 0.4) is 0 Å². The van der Waals surface area contributed by atoms with Crippen LogP contribution >= 0.6 is 11.3 Å². The van der Waals surface area contributed by atoms with E-state index < -0.39 is 0 Å². The Morgan fingerprint density at radius 3 is 2.46 bits per heavy atom. The molecule has 2 aromatic rings. The Labute approximate surface area is 143 Å². The molecule has 0 aliphatic carbocycles. The molecule has 2 heterocycles. The molecule has 128 valence electrons. The molecule has 0 aromatic carbocycles. The van der Waals surface area contributed by atoms with Gasteiger partial charge in [-0.1, -0.05) is 6.07 Å². The van der Waals surface area contributed by atoms with Gasteiger partial charge in [0, 0.05) is 26.1 Å². The SMILES string of the molecule is O=C(CCCNC(=O)c1cccs1)NCCNC(=O)c1ccco1. The summed E-state index contributed by atoms with van der Waals surface area (Å²) in [5.74, 6) is -0.313. The van der Waals surface area contributed by atoms with E-state index in [1.165, 1.54) is 17.6 Å². The lowest BCUT2D eigenvalue weighted by molar-refractivity contribution is -0.121. The summed E-state index contributed by atoms with van der Waals surface area (Å²) in [5, 5.41) is 9.94. The van der Waals surface area contributed by atoms with E-state index >= 15 is 0 Å². The molecule has 0 atom stereocenters. The summed E-state index contributed by atoms with van der Waals surface area (Å²) < 4.78 is 4.95. The van der Waals surface area contributed by atoms with Crippen LogP contribution in [0.1, 0.15) is 33.1 Å². The third-order valence-electron chi connectivity index (χ3n) is 3.09. The molecule has 0 saturated carbocycles. The van der Waals surface area contributed by atoms with Crippen LogP contribution in [0.15, 0.2) is 40.3 Å².